The van der Waals surface area contributed by atoms with E-state index >= 15 is 0 Å². The zero-order valence-corrected chi connectivity index (χ0v) is 10.6. The van der Waals surface area contributed by atoms with Crippen LogP contribution in [0.4, 0.5) is 0 Å². The molecule has 16 heavy (non-hydrogen) atoms. The van der Waals surface area contributed by atoms with E-state index in [1.54, 1.807) is 18.2 Å². The average molecular weight is 239 g/mol. The van der Waals surface area contributed by atoms with Gasteiger partial charge in [0.15, 0.2) is 9.84 Å². The second-order valence-electron chi connectivity index (χ2n) is 5.17. The monoisotopic (exact) mass is 239 g/mol. The van der Waals surface area contributed by atoms with Crippen molar-refractivity contribution in [3.63, 3.8) is 0 Å². The van der Waals surface area contributed by atoms with Crippen molar-refractivity contribution in [2.45, 2.75) is 30.7 Å². The summed E-state index contributed by atoms with van der Waals surface area (Å²) < 4.78 is 22.9. The van der Waals surface area contributed by atoms with Crippen LogP contribution in [0, 0.1) is 5.41 Å². The van der Waals surface area contributed by atoms with Gasteiger partial charge in [-0.1, -0.05) is 26.0 Å². The van der Waals surface area contributed by atoms with Gasteiger partial charge in [0.2, 0.25) is 0 Å². The first-order valence-electron chi connectivity index (χ1n) is 5.30. The zero-order valence-electron chi connectivity index (χ0n) is 9.77. The van der Waals surface area contributed by atoms with Gasteiger partial charge >= 0.3 is 0 Å². The van der Waals surface area contributed by atoms with Crippen LogP contribution in [0.2, 0.25) is 0 Å². The van der Waals surface area contributed by atoms with Crippen LogP contribution in [0.15, 0.2) is 29.2 Å². The molecule has 0 aromatic heterocycles. The Morgan fingerprint density at radius 3 is 2.31 bits per heavy atom. The number of rotatable bonds is 2. The molecule has 2 N–H and O–H groups in total. The van der Waals surface area contributed by atoms with Gasteiger partial charge in [0.1, 0.15) is 0 Å². The highest BCUT2D eigenvalue weighted by Crippen LogP contribution is 2.57. The van der Waals surface area contributed by atoms with E-state index < -0.39 is 9.84 Å². The van der Waals surface area contributed by atoms with Crippen LogP contribution >= 0.6 is 0 Å². The Bertz CT molecular complexity index is 520. The van der Waals surface area contributed by atoms with Gasteiger partial charge in [-0.2, -0.15) is 0 Å². The molecule has 0 amide bonds. The standard InChI is InChI=1S/C12H17NO2S/c1-12(2)10(11(12)13)8-5-4-6-9(7-8)16(3,14)15/h4-7,10-11H,13H2,1-3H3/t10-,11-/m0/s1. The minimum absolute atomic E-state index is 0.0795. The largest absolute Gasteiger partial charge is 0.327 e. The molecule has 0 heterocycles. The second-order valence-corrected chi connectivity index (χ2v) is 7.19. The minimum atomic E-state index is -3.13. The maximum atomic E-state index is 11.4. The topological polar surface area (TPSA) is 60.2 Å². The maximum absolute atomic E-state index is 11.4. The van der Waals surface area contributed by atoms with E-state index in [0.29, 0.717) is 4.90 Å². The molecule has 1 aliphatic rings. The molecule has 2 rings (SSSR count). The molecule has 0 saturated heterocycles. The van der Waals surface area contributed by atoms with Crippen molar-refractivity contribution in [2.75, 3.05) is 6.26 Å². The van der Waals surface area contributed by atoms with E-state index in [4.69, 9.17) is 5.73 Å². The summed E-state index contributed by atoms with van der Waals surface area (Å²) in [5, 5.41) is 0. The number of hydrogen-bond acceptors (Lipinski definition) is 3. The zero-order chi connectivity index (χ0) is 12.1. The predicted octanol–water partition coefficient (Wildman–Crippen LogP) is 1.54. The third kappa shape index (κ3) is 1.76. The van der Waals surface area contributed by atoms with Crippen LogP contribution in [0.25, 0.3) is 0 Å². The van der Waals surface area contributed by atoms with Crippen LogP contribution in [0.5, 0.6) is 0 Å². The van der Waals surface area contributed by atoms with Crippen molar-refractivity contribution in [2.24, 2.45) is 11.1 Å². The molecule has 1 aliphatic carbocycles. The Labute approximate surface area is 96.6 Å². The molecule has 88 valence electrons. The molecular weight excluding hydrogens is 222 g/mol. The highest BCUT2D eigenvalue weighted by Gasteiger charge is 2.56. The van der Waals surface area contributed by atoms with Crippen molar-refractivity contribution in [1.29, 1.82) is 0 Å². The number of sulfone groups is 1. The Morgan fingerprint density at radius 2 is 1.88 bits per heavy atom. The molecule has 0 spiro atoms. The predicted molar refractivity (Wildman–Crippen MR) is 64.0 cm³/mol. The summed E-state index contributed by atoms with van der Waals surface area (Å²) in [6, 6.07) is 7.23. The first-order chi connectivity index (χ1) is 7.24. The van der Waals surface area contributed by atoms with Gasteiger partial charge in [-0.3, -0.25) is 0 Å². The Kier molecular flexibility index (Phi) is 2.40. The highest BCUT2D eigenvalue weighted by molar-refractivity contribution is 7.90. The van der Waals surface area contributed by atoms with Gasteiger partial charge < -0.3 is 5.73 Å². The van der Waals surface area contributed by atoms with E-state index in [1.165, 1.54) is 6.26 Å². The van der Waals surface area contributed by atoms with Crippen LogP contribution < -0.4 is 5.73 Å². The van der Waals surface area contributed by atoms with Gasteiger partial charge in [-0.05, 0) is 23.1 Å². The Balaban J connectivity index is 2.40. The summed E-state index contributed by atoms with van der Waals surface area (Å²) in [5.74, 6) is 0.272. The SMILES string of the molecule is CC1(C)[C@@H](N)[C@@H]1c1cccc(S(C)(=O)=O)c1. The van der Waals surface area contributed by atoms with E-state index in [2.05, 4.69) is 13.8 Å². The van der Waals surface area contributed by atoms with Gasteiger partial charge in [0.25, 0.3) is 0 Å². The van der Waals surface area contributed by atoms with Gasteiger partial charge in [0.05, 0.1) is 4.90 Å². The molecule has 0 unspecified atom stereocenters. The highest BCUT2D eigenvalue weighted by atomic mass is 32.2. The molecule has 0 bridgehead atoms. The Morgan fingerprint density at radius 1 is 1.31 bits per heavy atom. The van der Waals surface area contributed by atoms with Crippen molar-refractivity contribution in [3.05, 3.63) is 29.8 Å². The minimum Gasteiger partial charge on any atom is -0.327 e. The van der Waals surface area contributed by atoms with Crippen molar-refractivity contribution in [3.8, 4) is 0 Å². The maximum Gasteiger partial charge on any atom is 0.175 e. The average Bonchev–Trinajstić information content (AvgIpc) is 2.65. The second kappa shape index (κ2) is 3.31. The fourth-order valence-corrected chi connectivity index (χ4v) is 2.93. The third-order valence-corrected chi connectivity index (χ3v) is 4.67. The van der Waals surface area contributed by atoms with E-state index in [-0.39, 0.29) is 17.4 Å². The lowest BCUT2D eigenvalue weighted by Crippen LogP contribution is -2.06. The van der Waals surface area contributed by atoms with Crippen molar-refractivity contribution >= 4 is 9.84 Å². The molecule has 3 nitrogen and oxygen atoms in total. The summed E-state index contributed by atoms with van der Waals surface area (Å²) in [6.45, 7) is 4.21. The van der Waals surface area contributed by atoms with E-state index in [0.717, 1.165) is 5.56 Å². The number of benzene rings is 1. The molecule has 1 saturated carbocycles. The molecule has 0 radical (unpaired) electrons. The molecule has 4 heteroatoms. The van der Waals surface area contributed by atoms with E-state index in [9.17, 15) is 8.42 Å². The molecule has 2 atom stereocenters. The van der Waals surface area contributed by atoms with E-state index in [1.807, 2.05) is 6.07 Å². The summed E-state index contributed by atoms with van der Waals surface area (Å²) in [4.78, 5) is 0.375. The normalized spacial score (nSPS) is 27.8. The number of hydrogen-bond donors (Lipinski definition) is 1. The molecule has 1 aromatic rings. The lowest BCUT2D eigenvalue weighted by molar-refractivity contribution is 0.596. The summed E-state index contributed by atoms with van der Waals surface area (Å²) >= 11 is 0. The summed E-state index contributed by atoms with van der Waals surface area (Å²) in [6.07, 6.45) is 1.23. The van der Waals surface area contributed by atoms with Gasteiger partial charge in [-0.15, -0.1) is 0 Å². The first kappa shape index (κ1) is 11.6. The van der Waals surface area contributed by atoms with Gasteiger partial charge in [0, 0.05) is 18.2 Å². The fourth-order valence-electron chi connectivity index (χ4n) is 2.25. The smallest absolute Gasteiger partial charge is 0.175 e. The van der Waals surface area contributed by atoms with Crippen LogP contribution in [-0.2, 0) is 9.84 Å². The first-order valence-corrected chi connectivity index (χ1v) is 7.19. The molecule has 0 aliphatic heterocycles. The van der Waals surface area contributed by atoms with Crippen LogP contribution in [0.3, 0.4) is 0 Å². The third-order valence-electron chi connectivity index (χ3n) is 3.56. The molecular formula is C12H17NO2S. The lowest BCUT2D eigenvalue weighted by Gasteiger charge is -2.05. The van der Waals surface area contributed by atoms with Crippen molar-refractivity contribution < 1.29 is 8.42 Å². The molecule has 1 fully saturated rings. The lowest BCUT2D eigenvalue weighted by atomic mass is 10.0. The number of nitrogens with two attached hydrogens (primary N) is 1. The summed E-state index contributed by atoms with van der Waals surface area (Å²) in [5.41, 5.74) is 7.09. The van der Waals surface area contributed by atoms with Crippen LogP contribution in [0.1, 0.15) is 25.3 Å². The quantitative estimate of drug-likeness (QED) is 0.851. The fraction of sp³-hybridized carbons (Fsp3) is 0.500. The molecule has 1 aromatic carbocycles. The van der Waals surface area contributed by atoms with Gasteiger partial charge in [-0.25, -0.2) is 8.42 Å². The summed E-state index contributed by atoms with van der Waals surface area (Å²) in [7, 11) is -3.13. The van der Waals surface area contributed by atoms with Crippen molar-refractivity contribution in [1.82, 2.24) is 0 Å². The Hall–Kier alpha value is -0.870. The van der Waals surface area contributed by atoms with Crippen LogP contribution in [-0.4, -0.2) is 20.7 Å².